The molecule has 2 heterocycles. The number of amides is 1. The number of hydrogen-bond donors (Lipinski definition) is 1. The van der Waals surface area contributed by atoms with Gasteiger partial charge in [0.2, 0.25) is 5.91 Å². The fourth-order valence-electron chi connectivity index (χ4n) is 3.73. The summed E-state index contributed by atoms with van der Waals surface area (Å²) in [5.74, 6) is 2.22. The maximum atomic E-state index is 12.0. The van der Waals surface area contributed by atoms with Crippen molar-refractivity contribution in [1.82, 2.24) is 9.78 Å². The van der Waals surface area contributed by atoms with E-state index < -0.39 is 0 Å². The number of aryl methyl sites for hydroxylation is 2. The molecule has 0 radical (unpaired) electrons. The van der Waals surface area contributed by atoms with Crippen molar-refractivity contribution < 1.29 is 9.53 Å². The Kier molecular flexibility index (Phi) is 4.46. The van der Waals surface area contributed by atoms with E-state index in [-0.39, 0.29) is 11.2 Å². The van der Waals surface area contributed by atoms with Crippen LogP contribution in [0, 0.1) is 6.92 Å². The van der Waals surface area contributed by atoms with E-state index in [9.17, 15) is 4.79 Å². The molecular weight excluding hydrogens is 334 g/mol. The highest BCUT2D eigenvalue weighted by molar-refractivity contribution is 8.00. The molecule has 2 aromatic rings. The van der Waals surface area contributed by atoms with Gasteiger partial charge < -0.3 is 10.1 Å². The minimum absolute atomic E-state index is 0.0259. The first-order valence-corrected chi connectivity index (χ1v) is 9.88. The number of anilines is 1. The fraction of sp³-hybridized carbons (Fsp3) is 0.474. The number of carbonyl (C=O) groups is 1. The summed E-state index contributed by atoms with van der Waals surface area (Å²) in [5.41, 5.74) is 3.24. The van der Waals surface area contributed by atoms with Crippen LogP contribution in [0.3, 0.4) is 0 Å². The van der Waals surface area contributed by atoms with E-state index >= 15 is 0 Å². The summed E-state index contributed by atoms with van der Waals surface area (Å²) < 4.78 is 7.83. The minimum Gasteiger partial charge on any atom is -0.490 e. The summed E-state index contributed by atoms with van der Waals surface area (Å²) in [6.45, 7) is 2.00. The van der Waals surface area contributed by atoms with Crippen LogP contribution in [-0.4, -0.2) is 27.5 Å². The fourth-order valence-corrected chi connectivity index (χ4v) is 4.92. The second kappa shape index (κ2) is 6.75. The Balaban J connectivity index is 1.61. The van der Waals surface area contributed by atoms with Gasteiger partial charge in [0.25, 0.3) is 0 Å². The molecule has 1 saturated carbocycles. The Morgan fingerprint density at radius 1 is 1.24 bits per heavy atom. The van der Waals surface area contributed by atoms with Gasteiger partial charge in [0.15, 0.2) is 0 Å². The molecule has 1 atom stereocenters. The third-order valence-electron chi connectivity index (χ3n) is 4.96. The lowest BCUT2D eigenvalue weighted by atomic mass is 10.0. The molecular formula is C19H23N3O2S. The van der Waals surface area contributed by atoms with E-state index in [1.165, 1.54) is 18.4 Å². The minimum atomic E-state index is 0.0259. The summed E-state index contributed by atoms with van der Waals surface area (Å²) in [4.78, 5) is 12.0. The normalized spacial score (nSPS) is 20.9. The van der Waals surface area contributed by atoms with Crippen LogP contribution in [0.25, 0.3) is 0 Å². The predicted molar refractivity (Wildman–Crippen MR) is 100 cm³/mol. The number of hydrogen-bond acceptors (Lipinski definition) is 4. The zero-order chi connectivity index (χ0) is 17.4. The Morgan fingerprint density at radius 3 is 2.68 bits per heavy atom. The van der Waals surface area contributed by atoms with Crippen molar-refractivity contribution in [2.75, 3.05) is 11.1 Å². The van der Waals surface area contributed by atoms with Gasteiger partial charge in [0.1, 0.15) is 11.6 Å². The highest BCUT2D eigenvalue weighted by atomic mass is 32.2. The van der Waals surface area contributed by atoms with Gasteiger partial charge in [-0.05, 0) is 50.3 Å². The van der Waals surface area contributed by atoms with E-state index in [1.807, 2.05) is 14.0 Å². The Morgan fingerprint density at radius 2 is 1.96 bits per heavy atom. The van der Waals surface area contributed by atoms with Crippen LogP contribution in [0.15, 0.2) is 24.3 Å². The number of fused-ring (bicyclic) bond motifs is 1. The third kappa shape index (κ3) is 3.27. The van der Waals surface area contributed by atoms with Gasteiger partial charge in [-0.2, -0.15) is 5.10 Å². The molecule has 0 unspecified atom stereocenters. The van der Waals surface area contributed by atoms with Crippen LogP contribution in [-0.2, 0) is 11.8 Å². The average Bonchev–Trinajstić information content (AvgIpc) is 3.14. The molecule has 5 nitrogen and oxygen atoms in total. The molecule has 1 amide bonds. The van der Waals surface area contributed by atoms with Crippen LogP contribution >= 0.6 is 11.8 Å². The molecule has 1 aromatic carbocycles. The van der Waals surface area contributed by atoms with Crippen LogP contribution in [0.4, 0.5) is 5.82 Å². The molecule has 0 spiro atoms. The maximum Gasteiger partial charge on any atom is 0.235 e. The zero-order valence-electron chi connectivity index (χ0n) is 14.6. The number of ether oxygens (including phenoxy) is 1. The van der Waals surface area contributed by atoms with Gasteiger partial charge in [0, 0.05) is 12.6 Å². The topological polar surface area (TPSA) is 56.2 Å². The number of thioether (sulfide) groups is 1. The number of nitrogens with one attached hydrogen (secondary N) is 1. The van der Waals surface area contributed by atoms with Crippen LogP contribution in [0.2, 0.25) is 0 Å². The highest BCUT2D eigenvalue weighted by Gasteiger charge is 2.29. The molecule has 1 N–H and O–H groups in total. The first kappa shape index (κ1) is 16.5. The van der Waals surface area contributed by atoms with E-state index in [4.69, 9.17) is 4.74 Å². The van der Waals surface area contributed by atoms with Crippen molar-refractivity contribution in [3.8, 4) is 5.75 Å². The Bertz CT molecular complexity index is 779. The zero-order valence-corrected chi connectivity index (χ0v) is 15.4. The van der Waals surface area contributed by atoms with Crippen molar-refractivity contribution >= 4 is 23.5 Å². The van der Waals surface area contributed by atoms with Gasteiger partial charge in [-0.25, -0.2) is 0 Å². The summed E-state index contributed by atoms with van der Waals surface area (Å²) in [6.07, 6.45) is 5.22. The maximum absolute atomic E-state index is 12.0. The number of nitrogens with zero attached hydrogens (tertiary/aromatic N) is 2. The van der Waals surface area contributed by atoms with Crippen molar-refractivity contribution in [2.24, 2.45) is 7.05 Å². The lowest BCUT2D eigenvalue weighted by Gasteiger charge is -2.17. The molecule has 132 valence electrons. The number of rotatable bonds is 3. The molecule has 0 bridgehead atoms. The Hall–Kier alpha value is -1.95. The molecule has 1 aliphatic heterocycles. The first-order valence-electron chi connectivity index (χ1n) is 8.83. The van der Waals surface area contributed by atoms with Crippen LogP contribution in [0.1, 0.15) is 47.8 Å². The largest absolute Gasteiger partial charge is 0.490 e. The first-order chi connectivity index (χ1) is 12.1. The van der Waals surface area contributed by atoms with Crippen LogP contribution < -0.4 is 10.1 Å². The molecule has 25 heavy (non-hydrogen) atoms. The molecule has 6 heteroatoms. The molecule has 1 fully saturated rings. The molecule has 1 aliphatic carbocycles. The predicted octanol–water partition coefficient (Wildman–Crippen LogP) is 3.82. The average molecular weight is 357 g/mol. The second-order valence-corrected chi connectivity index (χ2v) is 7.90. The third-order valence-corrected chi connectivity index (χ3v) is 6.23. The standard InChI is InChI=1S/C19H23N3O2S/c1-12-17-18(25-11-16(23)20-19(17)22(2)21-12)13-7-9-15(10-8-13)24-14-5-3-4-6-14/h7-10,14,18H,3-6,11H2,1-2H3,(H,20,23)/t18-/m1/s1. The van der Waals surface area contributed by atoms with E-state index in [1.54, 1.807) is 16.4 Å². The quantitative estimate of drug-likeness (QED) is 0.907. The van der Waals surface area contributed by atoms with Crippen molar-refractivity contribution in [3.05, 3.63) is 41.1 Å². The van der Waals surface area contributed by atoms with Gasteiger partial charge in [-0.15, -0.1) is 11.8 Å². The van der Waals surface area contributed by atoms with E-state index in [2.05, 4.69) is 34.7 Å². The lowest BCUT2D eigenvalue weighted by Crippen LogP contribution is -2.15. The molecule has 4 rings (SSSR count). The van der Waals surface area contributed by atoms with Crippen molar-refractivity contribution in [1.29, 1.82) is 0 Å². The van der Waals surface area contributed by atoms with E-state index in [0.29, 0.717) is 11.9 Å². The summed E-state index contributed by atoms with van der Waals surface area (Å²) >= 11 is 1.65. The smallest absolute Gasteiger partial charge is 0.235 e. The van der Waals surface area contributed by atoms with Crippen molar-refractivity contribution in [3.63, 3.8) is 0 Å². The van der Waals surface area contributed by atoms with Crippen LogP contribution in [0.5, 0.6) is 5.75 Å². The van der Waals surface area contributed by atoms with Gasteiger partial charge in [-0.3, -0.25) is 9.48 Å². The van der Waals surface area contributed by atoms with Gasteiger partial charge in [-0.1, -0.05) is 12.1 Å². The summed E-state index contributed by atoms with van der Waals surface area (Å²) in [6, 6.07) is 8.35. The summed E-state index contributed by atoms with van der Waals surface area (Å²) in [7, 11) is 1.87. The summed E-state index contributed by atoms with van der Waals surface area (Å²) in [5, 5.41) is 7.58. The van der Waals surface area contributed by atoms with Gasteiger partial charge in [0.05, 0.1) is 22.8 Å². The number of aromatic nitrogens is 2. The van der Waals surface area contributed by atoms with E-state index in [0.717, 1.165) is 35.7 Å². The molecule has 1 aromatic heterocycles. The number of carbonyl (C=O) groups excluding carboxylic acids is 1. The van der Waals surface area contributed by atoms with Gasteiger partial charge >= 0.3 is 0 Å². The lowest BCUT2D eigenvalue weighted by molar-refractivity contribution is -0.113. The van der Waals surface area contributed by atoms with Crippen molar-refractivity contribution in [2.45, 2.75) is 44.0 Å². The monoisotopic (exact) mass is 357 g/mol. The Labute approximate surface area is 152 Å². The SMILES string of the molecule is Cc1nn(C)c2c1[C@@H](c1ccc(OC3CCCC3)cc1)SCC(=O)N2. The second-order valence-electron chi connectivity index (χ2n) is 6.80. The number of benzene rings is 1. The molecule has 2 aliphatic rings. The highest BCUT2D eigenvalue weighted by Crippen LogP contribution is 2.43. The molecule has 0 saturated heterocycles.